The summed E-state index contributed by atoms with van der Waals surface area (Å²) in [5.41, 5.74) is 3.89. The van der Waals surface area contributed by atoms with E-state index in [-0.39, 0.29) is 17.1 Å². The van der Waals surface area contributed by atoms with Crippen molar-refractivity contribution in [2.45, 2.75) is 13.0 Å². The van der Waals surface area contributed by atoms with Crippen molar-refractivity contribution in [3.8, 4) is 0 Å². The lowest BCUT2D eigenvalue weighted by Crippen LogP contribution is -2.29. The van der Waals surface area contributed by atoms with E-state index in [1.54, 1.807) is 17.6 Å². The zero-order chi connectivity index (χ0) is 18.5. The molecule has 1 aliphatic heterocycles. The first-order valence-corrected chi connectivity index (χ1v) is 9.25. The fraction of sp³-hybridized carbons (Fsp3) is 0.100. The zero-order valence-corrected chi connectivity index (χ0v) is 15.1. The number of hydrogen-bond donors (Lipinski definition) is 0. The van der Waals surface area contributed by atoms with Gasteiger partial charge in [0, 0.05) is 0 Å². The topological polar surface area (TPSA) is 76.3 Å². The molecular formula is C20H13N3O3S. The van der Waals surface area contributed by atoms with Crippen LogP contribution in [0.3, 0.4) is 0 Å². The van der Waals surface area contributed by atoms with Crippen LogP contribution < -0.4 is 10.3 Å². The molecule has 1 atom stereocenters. The van der Waals surface area contributed by atoms with E-state index in [1.807, 2.05) is 43.3 Å². The number of carbonyl (C=O) groups excluding carboxylic acids is 1. The Morgan fingerprint density at radius 1 is 1.11 bits per heavy atom. The summed E-state index contributed by atoms with van der Waals surface area (Å²) in [4.78, 5) is 28.0. The molecule has 0 unspecified atom stereocenters. The van der Waals surface area contributed by atoms with Gasteiger partial charge in [0.05, 0.1) is 17.0 Å². The van der Waals surface area contributed by atoms with Gasteiger partial charge in [0.25, 0.3) is 5.91 Å². The Morgan fingerprint density at radius 2 is 1.93 bits per heavy atom. The molecule has 3 heterocycles. The zero-order valence-electron chi connectivity index (χ0n) is 14.2. The van der Waals surface area contributed by atoms with E-state index >= 15 is 0 Å². The fourth-order valence-electron chi connectivity index (χ4n) is 3.51. The fourth-order valence-corrected chi connectivity index (χ4v) is 4.09. The summed E-state index contributed by atoms with van der Waals surface area (Å²) in [6.07, 6.45) is 0. The number of aryl methyl sites for hydroxylation is 1. The number of fused-ring (bicyclic) bond motifs is 2. The van der Waals surface area contributed by atoms with Crippen LogP contribution in [0.4, 0.5) is 5.13 Å². The highest BCUT2D eigenvalue weighted by atomic mass is 32.1. The normalized spacial score (nSPS) is 16.1. The molecule has 1 amide bonds. The van der Waals surface area contributed by atoms with Gasteiger partial charge in [0.2, 0.25) is 10.9 Å². The molecule has 0 saturated carbocycles. The molecule has 0 saturated heterocycles. The number of carbonyl (C=O) groups is 1. The van der Waals surface area contributed by atoms with E-state index in [1.165, 1.54) is 16.2 Å². The van der Waals surface area contributed by atoms with Crippen LogP contribution in [0.25, 0.3) is 11.0 Å². The predicted molar refractivity (Wildman–Crippen MR) is 102 cm³/mol. The van der Waals surface area contributed by atoms with Crippen LogP contribution in [0.15, 0.2) is 63.3 Å². The van der Waals surface area contributed by atoms with Crippen molar-refractivity contribution < 1.29 is 9.21 Å². The molecule has 7 heteroatoms. The minimum atomic E-state index is -0.595. The molecule has 132 valence electrons. The van der Waals surface area contributed by atoms with E-state index in [9.17, 15) is 9.59 Å². The van der Waals surface area contributed by atoms with Crippen LogP contribution in [-0.4, -0.2) is 16.1 Å². The molecule has 27 heavy (non-hydrogen) atoms. The van der Waals surface area contributed by atoms with Gasteiger partial charge in [-0.15, -0.1) is 10.2 Å². The minimum Gasteiger partial charge on any atom is -0.450 e. The van der Waals surface area contributed by atoms with Crippen LogP contribution in [0.5, 0.6) is 0 Å². The van der Waals surface area contributed by atoms with Crippen LogP contribution in [-0.2, 0) is 0 Å². The summed E-state index contributed by atoms with van der Waals surface area (Å²) in [7, 11) is 0. The Balaban J connectivity index is 1.85. The van der Waals surface area contributed by atoms with Crippen molar-refractivity contribution in [3.63, 3.8) is 0 Å². The average molecular weight is 375 g/mol. The van der Waals surface area contributed by atoms with Crippen LogP contribution in [0, 0.1) is 6.92 Å². The summed E-state index contributed by atoms with van der Waals surface area (Å²) in [5.74, 6) is -0.310. The lowest BCUT2D eigenvalue weighted by molar-refractivity contribution is 0.0970. The summed E-state index contributed by atoms with van der Waals surface area (Å²) in [6, 6.07) is 14.2. The van der Waals surface area contributed by atoms with Crippen molar-refractivity contribution >= 4 is 33.3 Å². The van der Waals surface area contributed by atoms with Gasteiger partial charge in [-0.2, -0.15) is 0 Å². The van der Waals surface area contributed by atoms with E-state index < -0.39 is 6.04 Å². The maximum Gasteiger partial charge on any atom is 0.297 e. The molecule has 2 aromatic carbocycles. The average Bonchev–Trinajstić information content (AvgIpc) is 3.30. The molecule has 1 aliphatic rings. The number of nitrogens with zero attached hydrogens (tertiary/aromatic N) is 3. The monoisotopic (exact) mass is 375 g/mol. The Morgan fingerprint density at radius 3 is 2.67 bits per heavy atom. The van der Waals surface area contributed by atoms with Gasteiger partial charge in [-0.05, 0) is 24.6 Å². The number of benzene rings is 2. The van der Waals surface area contributed by atoms with Gasteiger partial charge in [0.1, 0.15) is 11.1 Å². The molecular weight excluding hydrogens is 362 g/mol. The van der Waals surface area contributed by atoms with E-state index in [4.69, 9.17) is 4.42 Å². The first kappa shape index (κ1) is 15.9. The summed E-state index contributed by atoms with van der Waals surface area (Å²) < 4.78 is 5.90. The summed E-state index contributed by atoms with van der Waals surface area (Å²) in [6.45, 7) is 1.92. The van der Waals surface area contributed by atoms with E-state index in [0.29, 0.717) is 21.7 Å². The van der Waals surface area contributed by atoms with Crippen molar-refractivity contribution in [2.75, 3.05) is 4.90 Å². The lowest BCUT2D eigenvalue weighted by atomic mass is 9.98. The maximum atomic E-state index is 13.3. The van der Waals surface area contributed by atoms with Gasteiger partial charge < -0.3 is 4.42 Å². The van der Waals surface area contributed by atoms with Gasteiger partial charge in [0.15, 0.2) is 5.43 Å². The van der Waals surface area contributed by atoms with Crippen LogP contribution in [0.2, 0.25) is 0 Å². The minimum absolute atomic E-state index is 0.0698. The first-order chi connectivity index (χ1) is 13.1. The highest BCUT2D eigenvalue weighted by Gasteiger charge is 2.44. The van der Waals surface area contributed by atoms with Crippen molar-refractivity contribution in [1.82, 2.24) is 10.2 Å². The standard InChI is InChI=1S/C20H13N3O3S/c1-11-7-8-14-13(9-11)17(24)15-16(12-5-3-2-4-6-12)23(19(25)18(15)26-14)20-22-21-10-27-20/h2-10,16H,1H3/t16-/m1/s1. The molecule has 0 bridgehead atoms. The quantitative estimate of drug-likeness (QED) is 0.534. The van der Waals surface area contributed by atoms with Crippen molar-refractivity contribution in [1.29, 1.82) is 0 Å². The molecule has 6 nitrogen and oxygen atoms in total. The van der Waals surface area contributed by atoms with Gasteiger partial charge in [-0.1, -0.05) is 53.3 Å². The highest BCUT2D eigenvalue weighted by molar-refractivity contribution is 7.13. The molecule has 0 spiro atoms. The molecule has 5 rings (SSSR count). The van der Waals surface area contributed by atoms with Gasteiger partial charge >= 0.3 is 0 Å². The van der Waals surface area contributed by atoms with Crippen LogP contribution in [0.1, 0.15) is 33.3 Å². The van der Waals surface area contributed by atoms with E-state index in [2.05, 4.69) is 10.2 Å². The SMILES string of the molecule is Cc1ccc2oc3c(c(=O)c2c1)[C@@H](c1ccccc1)N(c1nncs1)C3=O. The number of anilines is 1. The first-order valence-electron chi connectivity index (χ1n) is 8.37. The third-order valence-electron chi connectivity index (χ3n) is 4.70. The number of amides is 1. The summed E-state index contributed by atoms with van der Waals surface area (Å²) in [5, 5.41) is 8.80. The van der Waals surface area contributed by atoms with Gasteiger partial charge in [-0.25, -0.2) is 0 Å². The third-order valence-corrected chi connectivity index (χ3v) is 5.38. The third kappa shape index (κ3) is 2.32. The lowest BCUT2D eigenvalue weighted by Gasteiger charge is -2.21. The summed E-state index contributed by atoms with van der Waals surface area (Å²) >= 11 is 1.24. The Hall–Kier alpha value is -3.32. The van der Waals surface area contributed by atoms with Crippen LogP contribution >= 0.6 is 11.3 Å². The number of hydrogen-bond acceptors (Lipinski definition) is 6. The number of rotatable bonds is 2. The second kappa shape index (κ2) is 5.85. The van der Waals surface area contributed by atoms with Crippen molar-refractivity contribution in [3.05, 3.63) is 86.7 Å². The molecule has 0 radical (unpaired) electrons. The molecule has 2 aromatic heterocycles. The second-order valence-electron chi connectivity index (χ2n) is 6.38. The molecule has 4 aromatic rings. The maximum absolute atomic E-state index is 13.3. The Labute approximate surface area is 157 Å². The second-order valence-corrected chi connectivity index (χ2v) is 7.19. The van der Waals surface area contributed by atoms with E-state index in [0.717, 1.165) is 11.1 Å². The Bertz CT molecular complexity index is 1230. The molecule has 0 aliphatic carbocycles. The Kier molecular flexibility index (Phi) is 3.45. The molecule has 0 fully saturated rings. The smallest absolute Gasteiger partial charge is 0.297 e. The predicted octanol–water partition coefficient (Wildman–Crippen LogP) is 3.70. The largest absolute Gasteiger partial charge is 0.450 e. The van der Waals surface area contributed by atoms with Crippen molar-refractivity contribution in [2.24, 2.45) is 0 Å². The molecule has 0 N–H and O–H groups in total. The van der Waals surface area contributed by atoms with Gasteiger partial charge in [-0.3, -0.25) is 14.5 Å². The number of aromatic nitrogens is 2. The highest BCUT2D eigenvalue weighted by Crippen LogP contribution is 2.41.